The van der Waals surface area contributed by atoms with Crippen molar-refractivity contribution >= 4 is 11.8 Å². The molecular weight excluding hydrogens is 122 g/mol. The zero-order chi connectivity index (χ0) is 5.82. The summed E-state index contributed by atoms with van der Waals surface area (Å²) < 4.78 is 0. The highest BCUT2D eigenvalue weighted by Crippen LogP contribution is 2.07. The zero-order valence-electron chi connectivity index (χ0n) is 4.40. The molecule has 0 spiro atoms. The van der Waals surface area contributed by atoms with E-state index in [1.807, 2.05) is 6.26 Å². The fourth-order valence-electron chi connectivity index (χ4n) is 0.334. The predicted octanol–water partition coefficient (Wildman–Crippen LogP) is 0.593. The molecule has 1 aromatic heterocycles. The van der Waals surface area contributed by atoms with Crippen LogP contribution in [-0.2, 0) is 0 Å². The quantitative estimate of drug-likeness (QED) is 0.518. The van der Waals surface area contributed by atoms with Crippen LogP contribution in [0.5, 0.6) is 0 Å². The maximum atomic E-state index is 3.57. The summed E-state index contributed by atoms with van der Waals surface area (Å²) in [6, 6.07) is 0. The van der Waals surface area contributed by atoms with Crippen molar-refractivity contribution in [3.8, 4) is 0 Å². The summed E-state index contributed by atoms with van der Waals surface area (Å²) in [5, 5.41) is 10.5. The first kappa shape index (κ1) is 5.50. The summed E-state index contributed by atoms with van der Waals surface area (Å²) in [5.41, 5.74) is 0. The van der Waals surface area contributed by atoms with E-state index in [1.165, 1.54) is 0 Å². The van der Waals surface area contributed by atoms with Gasteiger partial charge in [-0.25, -0.2) is 0 Å². The van der Waals surface area contributed by atoms with Crippen molar-refractivity contribution in [2.75, 3.05) is 6.26 Å². The second-order valence-electron chi connectivity index (χ2n) is 1.19. The smallest absolute Gasteiger partial charge is 0.0666 e. The van der Waals surface area contributed by atoms with E-state index in [1.54, 1.807) is 24.2 Å². The normalized spacial score (nSPS) is 9.12. The molecule has 0 atom stereocenters. The standard InChI is InChI=1S/C4H5N3S/c1-8-4-2-5-7-6-3-4/h2-3H,1H3. The Kier molecular flexibility index (Phi) is 1.80. The van der Waals surface area contributed by atoms with Crippen molar-refractivity contribution in [3.63, 3.8) is 0 Å². The van der Waals surface area contributed by atoms with E-state index in [2.05, 4.69) is 15.4 Å². The van der Waals surface area contributed by atoms with Crippen molar-refractivity contribution in [2.45, 2.75) is 4.90 Å². The van der Waals surface area contributed by atoms with Crippen LogP contribution in [0, 0.1) is 0 Å². The van der Waals surface area contributed by atoms with Crippen LogP contribution in [0.25, 0.3) is 0 Å². The van der Waals surface area contributed by atoms with Gasteiger partial charge >= 0.3 is 0 Å². The molecule has 0 saturated carbocycles. The van der Waals surface area contributed by atoms with Crippen LogP contribution in [0.1, 0.15) is 0 Å². The van der Waals surface area contributed by atoms with Crippen molar-refractivity contribution in [3.05, 3.63) is 12.4 Å². The molecule has 4 heteroatoms. The van der Waals surface area contributed by atoms with Gasteiger partial charge in [0.2, 0.25) is 0 Å². The molecule has 1 heterocycles. The maximum absolute atomic E-state index is 3.57. The molecule has 1 aromatic rings. The van der Waals surface area contributed by atoms with Gasteiger partial charge in [0.05, 0.1) is 12.4 Å². The Morgan fingerprint density at radius 1 is 1.38 bits per heavy atom. The molecule has 0 aliphatic carbocycles. The molecule has 0 aliphatic heterocycles. The Balaban J connectivity index is 2.83. The van der Waals surface area contributed by atoms with E-state index in [0.29, 0.717) is 0 Å². The molecule has 3 nitrogen and oxygen atoms in total. The van der Waals surface area contributed by atoms with E-state index in [4.69, 9.17) is 0 Å². The van der Waals surface area contributed by atoms with Gasteiger partial charge in [-0.1, -0.05) is 0 Å². The van der Waals surface area contributed by atoms with Crippen LogP contribution in [0.2, 0.25) is 0 Å². The number of aromatic nitrogens is 3. The molecule has 8 heavy (non-hydrogen) atoms. The Morgan fingerprint density at radius 2 is 2.00 bits per heavy atom. The fraction of sp³-hybridized carbons (Fsp3) is 0.250. The lowest BCUT2D eigenvalue weighted by molar-refractivity contribution is 0.838. The second kappa shape index (κ2) is 2.61. The van der Waals surface area contributed by atoms with Crippen LogP contribution in [0.15, 0.2) is 17.3 Å². The minimum Gasteiger partial charge on any atom is -0.138 e. The van der Waals surface area contributed by atoms with Gasteiger partial charge in [0.1, 0.15) is 0 Å². The van der Waals surface area contributed by atoms with E-state index in [-0.39, 0.29) is 0 Å². The molecule has 0 fully saturated rings. The third kappa shape index (κ3) is 1.16. The molecule has 42 valence electrons. The van der Waals surface area contributed by atoms with Crippen molar-refractivity contribution < 1.29 is 0 Å². The Bertz CT molecular complexity index is 153. The number of thioether (sulfide) groups is 1. The molecule has 0 unspecified atom stereocenters. The van der Waals surface area contributed by atoms with Crippen LogP contribution < -0.4 is 0 Å². The number of nitrogens with zero attached hydrogens (tertiary/aromatic N) is 3. The maximum Gasteiger partial charge on any atom is 0.0666 e. The number of rotatable bonds is 1. The monoisotopic (exact) mass is 127 g/mol. The molecule has 0 bridgehead atoms. The number of hydrogen-bond acceptors (Lipinski definition) is 4. The van der Waals surface area contributed by atoms with Crippen LogP contribution in [-0.4, -0.2) is 21.7 Å². The third-order valence-corrected chi connectivity index (χ3v) is 1.39. The van der Waals surface area contributed by atoms with Gasteiger partial charge in [-0.15, -0.1) is 22.0 Å². The SMILES string of the molecule is CSc1cnnnc1. The summed E-state index contributed by atoms with van der Waals surface area (Å²) in [6.07, 6.45) is 5.33. The molecule has 0 aliphatic rings. The van der Waals surface area contributed by atoms with Crippen molar-refractivity contribution in [2.24, 2.45) is 0 Å². The Labute approximate surface area is 51.5 Å². The highest BCUT2D eigenvalue weighted by molar-refractivity contribution is 7.98. The molecule has 0 N–H and O–H groups in total. The van der Waals surface area contributed by atoms with Gasteiger partial charge in [0.25, 0.3) is 0 Å². The van der Waals surface area contributed by atoms with Crippen molar-refractivity contribution in [1.82, 2.24) is 15.4 Å². The van der Waals surface area contributed by atoms with E-state index in [9.17, 15) is 0 Å². The first-order chi connectivity index (χ1) is 3.93. The third-order valence-electron chi connectivity index (χ3n) is 0.709. The summed E-state index contributed by atoms with van der Waals surface area (Å²) in [5.74, 6) is 0. The van der Waals surface area contributed by atoms with Crippen LogP contribution in [0.3, 0.4) is 0 Å². The van der Waals surface area contributed by atoms with Gasteiger partial charge in [0.15, 0.2) is 0 Å². The highest BCUT2D eigenvalue weighted by atomic mass is 32.2. The summed E-state index contributed by atoms with van der Waals surface area (Å²) >= 11 is 1.60. The lowest BCUT2D eigenvalue weighted by atomic mass is 10.7. The Hall–Kier alpha value is -0.640. The lowest BCUT2D eigenvalue weighted by Gasteiger charge is -1.86. The van der Waals surface area contributed by atoms with Gasteiger partial charge < -0.3 is 0 Å². The summed E-state index contributed by atoms with van der Waals surface area (Å²) in [7, 11) is 0. The first-order valence-electron chi connectivity index (χ1n) is 2.11. The van der Waals surface area contributed by atoms with E-state index in [0.717, 1.165) is 4.90 Å². The molecule has 0 amide bonds. The zero-order valence-corrected chi connectivity index (χ0v) is 5.22. The van der Waals surface area contributed by atoms with Gasteiger partial charge in [-0.3, -0.25) is 0 Å². The average Bonchev–Trinajstić information content (AvgIpc) is 1.90. The minimum atomic E-state index is 1.04. The van der Waals surface area contributed by atoms with Gasteiger partial charge in [-0.2, -0.15) is 0 Å². The number of hydrogen-bond donors (Lipinski definition) is 0. The molecule has 1 rings (SSSR count). The van der Waals surface area contributed by atoms with Crippen molar-refractivity contribution in [1.29, 1.82) is 0 Å². The topological polar surface area (TPSA) is 38.7 Å². The molecular formula is C4H5N3S. The largest absolute Gasteiger partial charge is 0.138 e. The molecule has 0 aromatic carbocycles. The fourth-order valence-corrected chi connectivity index (χ4v) is 0.639. The highest BCUT2D eigenvalue weighted by Gasteiger charge is 1.84. The first-order valence-corrected chi connectivity index (χ1v) is 3.33. The van der Waals surface area contributed by atoms with E-state index >= 15 is 0 Å². The van der Waals surface area contributed by atoms with Crippen LogP contribution >= 0.6 is 11.8 Å². The predicted molar refractivity (Wildman–Crippen MR) is 31.6 cm³/mol. The summed E-state index contributed by atoms with van der Waals surface area (Å²) in [4.78, 5) is 1.04. The molecule has 0 radical (unpaired) electrons. The van der Waals surface area contributed by atoms with E-state index < -0.39 is 0 Å². The van der Waals surface area contributed by atoms with Gasteiger partial charge in [-0.05, 0) is 11.5 Å². The van der Waals surface area contributed by atoms with Gasteiger partial charge in [0, 0.05) is 4.90 Å². The minimum absolute atomic E-state index is 1.04. The summed E-state index contributed by atoms with van der Waals surface area (Å²) in [6.45, 7) is 0. The average molecular weight is 127 g/mol. The Morgan fingerprint density at radius 3 is 2.38 bits per heavy atom. The lowest BCUT2D eigenvalue weighted by Crippen LogP contribution is -1.83. The molecule has 0 saturated heterocycles. The van der Waals surface area contributed by atoms with Crippen LogP contribution in [0.4, 0.5) is 0 Å². The second-order valence-corrected chi connectivity index (χ2v) is 2.06.